The summed E-state index contributed by atoms with van der Waals surface area (Å²) in [6.45, 7) is 1.85. The van der Waals surface area contributed by atoms with Crippen LogP contribution in [0.2, 0.25) is 10.0 Å². The van der Waals surface area contributed by atoms with Crippen LogP contribution in [-0.2, 0) is 4.79 Å². The number of hydrogen-bond donors (Lipinski definition) is 1. The third-order valence-corrected chi connectivity index (χ3v) is 5.18. The summed E-state index contributed by atoms with van der Waals surface area (Å²) in [4.78, 5) is 39.4. The Morgan fingerprint density at radius 2 is 2.03 bits per heavy atom. The van der Waals surface area contributed by atoms with E-state index in [2.05, 4.69) is 20.3 Å². The normalized spacial score (nSPS) is 15.7. The molecular weight excluding hydrogens is 441 g/mol. The molecule has 0 fully saturated rings. The van der Waals surface area contributed by atoms with E-state index in [4.69, 9.17) is 27.9 Å². The van der Waals surface area contributed by atoms with Crippen LogP contribution in [0, 0.1) is 6.92 Å². The number of nitrogens with one attached hydrogen (secondary N) is 1. The summed E-state index contributed by atoms with van der Waals surface area (Å²) in [6, 6.07) is 8.17. The van der Waals surface area contributed by atoms with Crippen molar-refractivity contribution >= 4 is 40.8 Å². The molecule has 8 nitrogen and oxygen atoms in total. The highest BCUT2D eigenvalue weighted by atomic mass is 35.5. The number of aryl methyl sites for hydroxylation is 1. The van der Waals surface area contributed by atoms with Crippen molar-refractivity contribution in [3.8, 4) is 17.0 Å². The van der Waals surface area contributed by atoms with E-state index in [1.165, 1.54) is 17.3 Å². The minimum Gasteiger partial charge on any atom is -0.487 e. The first kappa shape index (κ1) is 21.0. The van der Waals surface area contributed by atoms with E-state index in [0.717, 1.165) is 11.1 Å². The van der Waals surface area contributed by atoms with E-state index < -0.39 is 17.9 Å². The molecule has 1 N–H and O–H groups in total. The largest absolute Gasteiger partial charge is 0.487 e. The summed E-state index contributed by atoms with van der Waals surface area (Å²) in [5.74, 6) is -0.466. The number of rotatable bonds is 3. The van der Waals surface area contributed by atoms with E-state index in [-0.39, 0.29) is 12.4 Å². The van der Waals surface area contributed by atoms with Crippen LogP contribution in [0.25, 0.3) is 11.3 Å². The maximum absolute atomic E-state index is 12.8. The van der Waals surface area contributed by atoms with Gasteiger partial charge in [0.05, 0.1) is 21.9 Å². The van der Waals surface area contributed by atoms with Gasteiger partial charge in [0.15, 0.2) is 11.6 Å². The van der Waals surface area contributed by atoms with Crippen molar-refractivity contribution in [1.29, 1.82) is 0 Å². The van der Waals surface area contributed by atoms with Crippen LogP contribution in [0.4, 0.5) is 5.82 Å². The Morgan fingerprint density at radius 3 is 2.81 bits per heavy atom. The van der Waals surface area contributed by atoms with Gasteiger partial charge in [-0.25, -0.2) is 15.0 Å². The average molecular weight is 458 g/mol. The number of aromatic nitrogens is 3. The van der Waals surface area contributed by atoms with Gasteiger partial charge in [0.25, 0.3) is 11.8 Å². The molecule has 31 heavy (non-hydrogen) atoms. The second kappa shape index (κ2) is 8.49. The highest BCUT2D eigenvalue weighted by Gasteiger charge is 2.32. The van der Waals surface area contributed by atoms with Crippen LogP contribution < -0.4 is 15.0 Å². The molecule has 4 rings (SSSR count). The monoisotopic (exact) mass is 457 g/mol. The number of fused-ring (bicyclic) bond motifs is 1. The fraction of sp³-hybridized carbons (Fsp3) is 0.190. The van der Waals surface area contributed by atoms with Gasteiger partial charge >= 0.3 is 0 Å². The van der Waals surface area contributed by atoms with Gasteiger partial charge in [-0.15, -0.1) is 0 Å². The lowest BCUT2D eigenvalue weighted by molar-refractivity contribution is -0.120. The van der Waals surface area contributed by atoms with Gasteiger partial charge in [-0.3, -0.25) is 14.5 Å². The molecule has 10 heteroatoms. The van der Waals surface area contributed by atoms with E-state index in [1.54, 1.807) is 13.1 Å². The summed E-state index contributed by atoms with van der Waals surface area (Å²) < 4.78 is 5.66. The number of amides is 2. The van der Waals surface area contributed by atoms with Gasteiger partial charge < -0.3 is 10.1 Å². The van der Waals surface area contributed by atoms with Crippen molar-refractivity contribution in [1.82, 2.24) is 20.3 Å². The van der Waals surface area contributed by atoms with E-state index >= 15 is 0 Å². The van der Waals surface area contributed by atoms with Crippen molar-refractivity contribution in [2.24, 2.45) is 0 Å². The van der Waals surface area contributed by atoms with Crippen LogP contribution in [0.3, 0.4) is 0 Å². The first-order valence-corrected chi connectivity index (χ1v) is 10.1. The molecule has 1 aliphatic heterocycles. The minimum atomic E-state index is -0.966. The maximum Gasteiger partial charge on any atom is 0.289 e. The molecule has 1 aromatic carbocycles. The summed E-state index contributed by atoms with van der Waals surface area (Å²) in [5.41, 5.74) is 2.21. The lowest BCUT2D eigenvalue weighted by Crippen LogP contribution is -2.49. The van der Waals surface area contributed by atoms with E-state index in [0.29, 0.717) is 27.3 Å². The molecule has 2 aromatic heterocycles. The molecule has 0 spiro atoms. The lowest BCUT2D eigenvalue weighted by atomic mass is 10.1. The Kier molecular flexibility index (Phi) is 5.75. The molecule has 1 unspecified atom stereocenters. The number of likely N-dealkylation sites (N-methyl/N-ethyl adjacent to an activating group) is 1. The highest BCUT2D eigenvalue weighted by molar-refractivity contribution is 6.33. The fourth-order valence-electron chi connectivity index (χ4n) is 3.15. The quantitative estimate of drug-likeness (QED) is 0.647. The molecule has 3 heterocycles. The van der Waals surface area contributed by atoms with Crippen molar-refractivity contribution < 1.29 is 14.3 Å². The molecule has 2 amide bonds. The third kappa shape index (κ3) is 4.30. The van der Waals surface area contributed by atoms with E-state index in [9.17, 15) is 9.59 Å². The molecule has 3 aromatic rings. The molecule has 0 radical (unpaired) electrons. The molecule has 158 valence electrons. The number of carbonyl (C=O) groups excluding carboxylic acids is 2. The van der Waals surface area contributed by atoms with Crippen molar-refractivity contribution in [2.75, 3.05) is 18.6 Å². The van der Waals surface area contributed by atoms with Crippen LogP contribution in [-0.4, -0.2) is 46.5 Å². The Labute approximate surface area is 188 Å². The summed E-state index contributed by atoms with van der Waals surface area (Å²) in [5, 5.41) is 3.32. The van der Waals surface area contributed by atoms with Crippen LogP contribution >= 0.6 is 23.2 Å². The number of ether oxygens (including phenoxy) is 1. The lowest BCUT2D eigenvalue weighted by Gasteiger charge is -2.19. The van der Waals surface area contributed by atoms with Gasteiger partial charge in [-0.05, 0) is 13.0 Å². The molecule has 0 saturated carbocycles. The second-order valence-electron chi connectivity index (χ2n) is 6.97. The Hall–Kier alpha value is -3.23. The predicted octanol–water partition coefficient (Wildman–Crippen LogP) is 3.31. The van der Waals surface area contributed by atoms with Gasteiger partial charge in [-0.2, -0.15) is 0 Å². The van der Waals surface area contributed by atoms with Gasteiger partial charge in [0, 0.05) is 24.9 Å². The summed E-state index contributed by atoms with van der Waals surface area (Å²) in [7, 11) is 1.55. The SMILES string of the molecule is Cc1cccc(-c2nc(C(=O)NC3COc4cc(Cl)cnc4N(C)C3=O)ncc2Cl)c1. The first-order chi connectivity index (χ1) is 14.8. The summed E-state index contributed by atoms with van der Waals surface area (Å²) >= 11 is 12.2. The maximum atomic E-state index is 12.8. The third-order valence-electron chi connectivity index (χ3n) is 4.70. The fourth-order valence-corrected chi connectivity index (χ4v) is 3.50. The number of nitrogens with zero attached hydrogens (tertiary/aromatic N) is 4. The highest BCUT2D eigenvalue weighted by Crippen LogP contribution is 2.30. The number of pyridine rings is 1. The Balaban J connectivity index is 1.57. The molecule has 1 aliphatic rings. The Morgan fingerprint density at radius 1 is 1.23 bits per heavy atom. The standard InChI is InChI=1S/C21H17Cl2N5O3/c1-11-4-3-5-12(6-11)17-14(23)9-24-18(27-17)20(29)26-15-10-31-16-7-13(22)8-25-19(16)28(2)21(15)30/h3-9,15H,10H2,1-2H3,(H,26,29). The zero-order valence-electron chi connectivity index (χ0n) is 16.6. The van der Waals surface area contributed by atoms with Crippen molar-refractivity contribution in [3.63, 3.8) is 0 Å². The number of carbonyl (C=O) groups is 2. The van der Waals surface area contributed by atoms with Gasteiger partial charge in [0.1, 0.15) is 12.6 Å². The average Bonchev–Trinajstić information content (AvgIpc) is 2.86. The van der Waals surface area contributed by atoms with Gasteiger partial charge in [0.2, 0.25) is 5.82 Å². The number of anilines is 1. The zero-order valence-corrected chi connectivity index (χ0v) is 18.1. The molecule has 0 saturated heterocycles. The number of halogens is 2. The molecule has 1 atom stereocenters. The van der Waals surface area contributed by atoms with Crippen LogP contribution in [0.15, 0.2) is 42.7 Å². The minimum absolute atomic E-state index is 0.0950. The van der Waals surface area contributed by atoms with Gasteiger partial charge in [-0.1, -0.05) is 47.0 Å². The van der Waals surface area contributed by atoms with Crippen LogP contribution in [0.1, 0.15) is 16.2 Å². The van der Waals surface area contributed by atoms with Crippen molar-refractivity contribution in [2.45, 2.75) is 13.0 Å². The number of hydrogen-bond acceptors (Lipinski definition) is 6. The number of benzene rings is 1. The topological polar surface area (TPSA) is 97.3 Å². The predicted molar refractivity (Wildman–Crippen MR) is 117 cm³/mol. The smallest absolute Gasteiger partial charge is 0.289 e. The Bertz CT molecular complexity index is 1190. The molecule has 0 bridgehead atoms. The van der Waals surface area contributed by atoms with Crippen LogP contribution in [0.5, 0.6) is 5.75 Å². The first-order valence-electron chi connectivity index (χ1n) is 9.30. The van der Waals surface area contributed by atoms with E-state index in [1.807, 2.05) is 31.2 Å². The zero-order chi connectivity index (χ0) is 22.1. The summed E-state index contributed by atoms with van der Waals surface area (Å²) in [6.07, 6.45) is 2.78. The molecule has 0 aliphatic carbocycles. The molecular formula is C21H17Cl2N5O3. The van der Waals surface area contributed by atoms with Crippen molar-refractivity contribution in [3.05, 3.63) is 64.2 Å². The second-order valence-corrected chi connectivity index (χ2v) is 7.81.